The highest BCUT2D eigenvalue weighted by molar-refractivity contribution is 8.26. The van der Waals surface area contributed by atoms with Gasteiger partial charge >= 0.3 is 0 Å². The number of rotatable bonds is 4. The third-order valence-corrected chi connectivity index (χ3v) is 6.43. The molecular formula is C23H19N3O3S2. The molecular weight excluding hydrogens is 430 g/mol. The van der Waals surface area contributed by atoms with E-state index in [1.807, 2.05) is 72.4 Å². The van der Waals surface area contributed by atoms with Crippen LogP contribution in [0.4, 0.5) is 0 Å². The average Bonchev–Trinajstić information content (AvgIpc) is 3.34. The second kappa shape index (κ2) is 8.20. The molecule has 0 saturated carbocycles. The van der Waals surface area contributed by atoms with E-state index in [-0.39, 0.29) is 5.91 Å². The smallest absolute Gasteiger partial charge is 0.266 e. The topological polar surface area (TPSA) is 56.6 Å². The van der Waals surface area contributed by atoms with Gasteiger partial charge in [0, 0.05) is 23.9 Å². The number of amides is 1. The Morgan fingerprint density at radius 1 is 1.13 bits per heavy atom. The van der Waals surface area contributed by atoms with Gasteiger partial charge in [-0.2, -0.15) is 5.10 Å². The van der Waals surface area contributed by atoms with Gasteiger partial charge in [-0.1, -0.05) is 42.2 Å². The van der Waals surface area contributed by atoms with Crippen LogP contribution >= 0.6 is 24.0 Å². The van der Waals surface area contributed by atoms with Gasteiger partial charge in [0.2, 0.25) is 0 Å². The number of likely N-dealkylation sites (N-methyl/N-ethyl adjacent to an activating group) is 1. The summed E-state index contributed by atoms with van der Waals surface area (Å²) in [6.45, 7) is 3.53. The summed E-state index contributed by atoms with van der Waals surface area (Å²) < 4.78 is 13.8. The first kappa shape index (κ1) is 19.8. The number of hydrogen-bond donors (Lipinski definition) is 0. The Morgan fingerprint density at radius 2 is 1.90 bits per heavy atom. The maximum absolute atomic E-state index is 12.8. The molecule has 1 saturated heterocycles. The standard InChI is InChI=1S/C23H19N3O3S2/c1-2-25-22(27)20(31-23(25)30)13-16-14-26(17-6-4-3-5-7-17)24-21(16)15-8-9-18-19(12-15)29-11-10-28-18/h3-9,12-14H,2,10-11H2,1H3/b20-13-. The molecule has 0 unspecified atom stereocenters. The summed E-state index contributed by atoms with van der Waals surface area (Å²) >= 11 is 6.68. The Hall–Kier alpha value is -3.10. The number of carbonyl (C=O) groups is 1. The molecule has 0 atom stereocenters. The normalized spacial score (nSPS) is 16.9. The molecule has 2 aliphatic heterocycles. The lowest BCUT2D eigenvalue weighted by Crippen LogP contribution is -2.27. The van der Waals surface area contributed by atoms with E-state index >= 15 is 0 Å². The molecule has 2 aliphatic rings. The average molecular weight is 450 g/mol. The minimum absolute atomic E-state index is 0.0712. The number of carbonyl (C=O) groups excluding carboxylic acids is 1. The van der Waals surface area contributed by atoms with E-state index in [4.69, 9.17) is 26.8 Å². The predicted octanol–water partition coefficient (Wildman–Crippen LogP) is 4.53. The van der Waals surface area contributed by atoms with Crippen molar-refractivity contribution >= 4 is 40.3 Å². The molecule has 0 N–H and O–H groups in total. The Balaban J connectivity index is 1.62. The molecule has 0 radical (unpaired) electrons. The van der Waals surface area contributed by atoms with Crippen molar-refractivity contribution in [3.63, 3.8) is 0 Å². The summed E-state index contributed by atoms with van der Waals surface area (Å²) in [4.78, 5) is 15.0. The number of hydrogen-bond acceptors (Lipinski definition) is 6. The van der Waals surface area contributed by atoms with E-state index in [1.165, 1.54) is 11.8 Å². The quantitative estimate of drug-likeness (QED) is 0.431. The van der Waals surface area contributed by atoms with Gasteiger partial charge in [-0.05, 0) is 43.3 Å². The summed E-state index contributed by atoms with van der Waals surface area (Å²) in [5.74, 6) is 1.35. The molecule has 31 heavy (non-hydrogen) atoms. The van der Waals surface area contributed by atoms with Crippen molar-refractivity contribution in [2.24, 2.45) is 0 Å². The van der Waals surface area contributed by atoms with E-state index in [9.17, 15) is 4.79 Å². The minimum atomic E-state index is -0.0712. The highest BCUT2D eigenvalue weighted by atomic mass is 32.2. The molecule has 3 aromatic rings. The van der Waals surface area contributed by atoms with Crippen LogP contribution in [0.15, 0.2) is 59.6 Å². The zero-order valence-electron chi connectivity index (χ0n) is 16.8. The van der Waals surface area contributed by atoms with Gasteiger partial charge in [-0.25, -0.2) is 4.68 Å². The van der Waals surface area contributed by atoms with Crippen LogP contribution in [0.3, 0.4) is 0 Å². The molecule has 1 aromatic heterocycles. The van der Waals surface area contributed by atoms with Gasteiger partial charge in [0.25, 0.3) is 5.91 Å². The molecule has 1 amide bonds. The summed E-state index contributed by atoms with van der Waals surface area (Å²) in [7, 11) is 0. The van der Waals surface area contributed by atoms with Crippen LogP contribution < -0.4 is 9.47 Å². The van der Waals surface area contributed by atoms with Crippen LogP contribution in [0.25, 0.3) is 23.0 Å². The van der Waals surface area contributed by atoms with Crippen molar-refractivity contribution < 1.29 is 14.3 Å². The van der Waals surface area contributed by atoms with Crippen LogP contribution in [0.2, 0.25) is 0 Å². The highest BCUT2D eigenvalue weighted by Crippen LogP contribution is 2.38. The fraction of sp³-hybridized carbons (Fsp3) is 0.174. The van der Waals surface area contributed by atoms with Crippen molar-refractivity contribution in [1.29, 1.82) is 0 Å². The van der Waals surface area contributed by atoms with E-state index in [0.717, 1.165) is 28.3 Å². The van der Waals surface area contributed by atoms with Gasteiger partial charge < -0.3 is 9.47 Å². The van der Waals surface area contributed by atoms with Crippen LogP contribution in [0, 0.1) is 0 Å². The first-order valence-electron chi connectivity index (χ1n) is 9.94. The number of thiocarbonyl (C=S) groups is 1. The molecule has 0 spiro atoms. The fourth-order valence-electron chi connectivity index (χ4n) is 3.53. The largest absolute Gasteiger partial charge is 0.486 e. The monoisotopic (exact) mass is 449 g/mol. The van der Waals surface area contributed by atoms with Gasteiger partial charge in [-0.3, -0.25) is 9.69 Å². The van der Waals surface area contributed by atoms with Crippen molar-refractivity contribution in [2.75, 3.05) is 19.8 Å². The number of nitrogens with zero attached hydrogens (tertiary/aromatic N) is 3. The fourth-order valence-corrected chi connectivity index (χ4v) is 4.91. The second-order valence-electron chi connectivity index (χ2n) is 7.00. The third-order valence-electron chi connectivity index (χ3n) is 5.06. The predicted molar refractivity (Wildman–Crippen MR) is 126 cm³/mol. The second-order valence-corrected chi connectivity index (χ2v) is 8.67. The molecule has 0 bridgehead atoms. The van der Waals surface area contributed by atoms with Crippen LogP contribution in [-0.2, 0) is 4.79 Å². The first-order valence-corrected chi connectivity index (χ1v) is 11.2. The summed E-state index contributed by atoms with van der Waals surface area (Å²) in [5, 5.41) is 4.83. The Bertz CT molecular complexity index is 1200. The molecule has 0 aliphatic carbocycles. The SMILES string of the molecule is CCN1C(=O)/C(=C/c2cn(-c3ccccc3)nc2-c2ccc3c(c2)OCCO3)SC1=S. The molecule has 6 nitrogen and oxygen atoms in total. The van der Waals surface area contributed by atoms with E-state index in [2.05, 4.69) is 0 Å². The van der Waals surface area contributed by atoms with Crippen LogP contribution in [-0.4, -0.2) is 44.7 Å². The van der Waals surface area contributed by atoms with Gasteiger partial charge in [-0.15, -0.1) is 0 Å². The van der Waals surface area contributed by atoms with Gasteiger partial charge in [0.1, 0.15) is 23.2 Å². The molecule has 156 valence electrons. The minimum Gasteiger partial charge on any atom is -0.486 e. The van der Waals surface area contributed by atoms with E-state index in [1.54, 1.807) is 4.90 Å². The van der Waals surface area contributed by atoms with Crippen molar-refractivity contribution in [1.82, 2.24) is 14.7 Å². The first-order chi connectivity index (χ1) is 15.1. The van der Waals surface area contributed by atoms with E-state index in [0.29, 0.717) is 34.7 Å². The number of thioether (sulfide) groups is 1. The number of ether oxygens (including phenoxy) is 2. The highest BCUT2D eigenvalue weighted by Gasteiger charge is 2.31. The lowest BCUT2D eigenvalue weighted by Gasteiger charge is -2.18. The lowest BCUT2D eigenvalue weighted by molar-refractivity contribution is -0.121. The molecule has 5 rings (SSSR count). The Morgan fingerprint density at radius 3 is 2.65 bits per heavy atom. The summed E-state index contributed by atoms with van der Waals surface area (Å²) in [5.41, 5.74) is 3.40. The van der Waals surface area contributed by atoms with Gasteiger partial charge in [0.05, 0.1) is 10.6 Å². The molecule has 8 heteroatoms. The summed E-state index contributed by atoms with van der Waals surface area (Å²) in [6.07, 6.45) is 3.80. The number of benzene rings is 2. The van der Waals surface area contributed by atoms with E-state index < -0.39 is 0 Å². The number of fused-ring (bicyclic) bond motifs is 1. The molecule has 1 fully saturated rings. The molecule has 2 aromatic carbocycles. The Kier molecular flexibility index (Phi) is 5.25. The van der Waals surface area contributed by atoms with Crippen LogP contribution in [0.5, 0.6) is 11.5 Å². The maximum Gasteiger partial charge on any atom is 0.266 e. The number of aromatic nitrogens is 2. The lowest BCUT2D eigenvalue weighted by atomic mass is 10.1. The maximum atomic E-state index is 12.8. The van der Waals surface area contributed by atoms with Crippen molar-refractivity contribution in [3.05, 3.63) is 65.2 Å². The summed E-state index contributed by atoms with van der Waals surface area (Å²) in [6, 6.07) is 15.7. The molecule has 3 heterocycles. The van der Waals surface area contributed by atoms with Gasteiger partial charge in [0.15, 0.2) is 11.5 Å². The third kappa shape index (κ3) is 3.73. The number of para-hydroxylation sites is 1. The van der Waals surface area contributed by atoms with Crippen molar-refractivity contribution in [2.45, 2.75) is 6.92 Å². The zero-order chi connectivity index (χ0) is 21.4. The van der Waals surface area contributed by atoms with Crippen molar-refractivity contribution in [3.8, 4) is 28.4 Å². The Labute approximate surface area is 189 Å². The van der Waals surface area contributed by atoms with Crippen LogP contribution in [0.1, 0.15) is 12.5 Å². The zero-order valence-corrected chi connectivity index (χ0v) is 18.4.